The molecule has 0 radical (unpaired) electrons. The summed E-state index contributed by atoms with van der Waals surface area (Å²) in [4.78, 5) is 0. The molecule has 102 valence electrons. The molecule has 1 aromatic carbocycles. The molecule has 0 aromatic heterocycles. The third kappa shape index (κ3) is 6.01. The van der Waals surface area contributed by atoms with Gasteiger partial charge >= 0.3 is 0 Å². The van der Waals surface area contributed by atoms with Crippen LogP contribution < -0.4 is 5.73 Å². The normalized spacial score (nSPS) is 12.7. The van der Waals surface area contributed by atoms with Gasteiger partial charge in [-0.15, -0.1) is 0 Å². The largest absolute Gasteiger partial charge is 0.324 e. The molecule has 0 aliphatic carbocycles. The zero-order valence-electron chi connectivity index (χ0n) is 11.7. The van der Waals surface area contributed by atoms with Crippen molar-refractivity contribution in [3.8, 4) is 0 Å². The summed E-state index contributed by atoms with van der Waals surface area (Å²) in [5, 5.41) is 0. The summed E-state index contributed by atoms with van der Waals surface area (Å²) in [5.74, 6) is 0. The minimum absolute atomic E-state index is 0.187. The van der Waals surface area contributed by atoms with Crippen molar-refractivity contribution in [2.45, 2.75) is 64.8 Å². The Hall–Kier alpha value is -0.340. The number of unbranched alkanes of at least 4 members (excludes halogenated alkanes) is 5. The van der Waals surface area contributed by atoms with Crippen molar-refractivity contribution >= 4 is 15.9 Å². The molecule has 0 heterocycles. The maximum absolute atomic E-state index is 6.25. The minimum Gasteiger partial charge on any atom is -0.324 e. The number of hydrogen-bond acceptors (Lipinski definition) is 1. The van der Waals surface area contributed by atoms with E-state index in [2.05, 4.69) is 48.0 Å². The molecule has 0 amide bonds. The zero-order chi connectivity index (χ0) is 13.4. The van der Waals surface area contributed by atoms with E-state index in [0.29, 0.717) is 0 Å². The number of hydrogen-bond donors (Lipinski definition) is 1. The fourth-order valence-electron chi connectivity index (χ4n) is 2.29. The van der Waals surface area contributed by atoms with Gasteiger partial charge in [0.2, 0.25) is 0 Å². The van der Waals surface area contributed by atoms with Crippen LogP contribution in [0.2, 0.25) is 0 Å². The lowest BCUT2D eigenvalue weighted by molar-refractivity contribution is 0.547. The molecule has 1 nitrogen and oxygen atoms in total. The van der Waals surface area contributed by atoms with Gasteiger partial charge in [-0.2, -0.15) is 0 Å². The van der Waals surface area contributed by atoms with Crippen molar-refractivity contribution in [1.82, 2.24) is 0 Å². The van der Waals surface area contributed by atoms with Crippen molar-refractivity contribution in [3.05, 3.63) is 33.8 Å². The number of benzene rings is 1. The van der Waals surface area contributed by atoms with E-state index in [-0.39, 0.29) is 6.04 Å². The summed E-state index contributed by atoms with van der Waals surface area (Å²) in [5.41, 5.74) is 8.79. The Kier molecular flexibility index (Phi) is 7.60. The Bertz CT molecular complexity index is 329. The second-order valence-electron chi connectivity index (χ2n) is 5.22. The Labute approximate surface area is 120 Å². The Balaban J connectivity index is 2.29. The predicted octanol–water partition coefficient (Wildman–Crippen LogP) is 5.51. The first-order chi connectivity index (χ1) is 8.63. The topological polar surface area (TPSA) is 26.0 Å². The average Bonchev–Trinajstić information content (AvgIpc) is 2.32. The predicted molar refractivity (Wildman–Crippen MR) is 83.8 cm³/mol. The first-order valence-corrected chi connectivity index (χ1v) is 7.95. The van der Waals surface area contributed by atoms with Gasteiger partial charge in [-0.05, 0) is 36.6 Å². The monoisotopic (exact) mass is 311 g/mol. The van der Waals surface area contributed by atoms with Crippen LogP contribution in [0.3, 0.4) is 0 Å². The van der Waals surface area contributed by atoms with Gasteiger partial charge in [0.1, 0.15) is 0 Å². The van der Waals surface area contributed by atoms with Crippen molar-refractivity contribution in [3.63, 3.8) is 0 Å². The average molecular weight is 312 g/mol. The first kappa shape index (κ1) is 15.7. The van der Waals surface area contributed by atoms with Crippen molar-refractivity contribution < 1.29 is 0 Å². The van der Waals surface area contributed by atoms with Crippen LogP contribution >= 0.6 is 15.9 Å². The Morgan fingerprint density at radius 2 is 1.72 bits per heavy atom. The van der Waals surface area contributed by atoms with Crippen LogP contribution in [0.5, 0.6) is 0 Å². The fraction of sp³-hybridized carbons (Fsp3) is 0.625. The van der Waals surface area contributed by atoms with E-state index in [1.807, 2.05) is 0 Å². The summed E-state index contributed by atoms with van der Waals surface area (Å²) < 4.78 is 1.14. The maximum atomic E-state index is 6.25. The molecular formula is C16H26BrN. The summed E-state index contributed by atoms with van der Waals surface area (Å²) in [7, 11) is 0. The van der Waals surface area contributed by atoms with Gasteiger partial charge in [0, 0.05) is 10.5 Å². The molecule has 0 aliphatic rings. The summed E-state index contributed by atoms with van der Waals surface area (Å²) in [6.07, 6.45) is 9.09. The molecule has 18 heavy (non-hydrogen) atoms. The third-order valence-corrected chi connectivity index (χ3v) is 3.82. The van der Waals surface area contributed by atoms with Crippen LogP contribution in [-0.2, 0) is 0 Å². The Morgan fingerprint density at radius 3 is 2.39 bits per heavy atom. The van der Waals surface area contributed by atoms with Gasteiger partial charge in [0.05, 0.1) is 0 Å². The van der Waals surface area contributed by atoms with Gasteiger partial charge in [-0.3, -0.25) is 0 Å². The van der Waals surface area contributed by atoms with Crippen molar-refractivity contribution in [2.75, 3.05) is 0 Å². The minimum atomic E-state index is 0.187. The lowest BCUT2D eigenvalue weighted by Crippen LogP contribution is -2.10. The van der Waals surface area contributed by atoms with Crippen LogP contribution in [0.4, 0.5) is 0 Å². The Morgan fingerprint density at radius 1 is 1.06 bits per heavy atom. The lowest BCUT2D eigenvalue weighted by Gasteiger charge is -2.13. The molecule has 0 fully saturated rings. The van der Waals surface area contributed by atoms with Gasteiger partial charge in [-0.1, -0.05) is 67.4 Å². The van der Waals surface area contributed by atoms with Gasteiger partial charge in [-0.25, -0.2) is 0 Å². The van der Waals surface area contributed by atoms with Crippen molar-refractivity contribution in [1.29, 1.82) is 0 Å². The molecule has 1 rings (SSSR count). The van der Waals surface area contributed by atoms with Gasteiger partial charge in [0.15, 0.2) is 0 Å². The summed E-state index contributed by atoms with van der Waals surface area (Å²) in [6, 6.07) is 6.66. The highest BCUT2D eigenvalue weighted by Crippen LogP contribution is 2.23. The summed E-state index contributed by atoms with van der Waals surface area (Å²) >= 11 is 3.54. The number of nitrogens with two attached hydrogens (primary N) is 1. The van der Waals surface area contributed by atoms with E-state index < -0.39 is 0 Å². The summed E-state index contributed by atoms with van der Waals surface area (Å²) in [6.45, 7) is 4.37. The molecule has 2 heteroatoms. The van der Waals surface area contributed by atoms with Crippen LogP contribution in [0, 0.1) is 6.92 Å². The van der Waals surface area contributed by atoms with Crippen molar-refractivity contribution in [2.24, 2.45) is 5.73 Å². The molecule has 0 saturated carbocycles. The molecule has 0 bridgehead atoms. The van der Waals surface area contributed by atoms with E-state index in [1.54, 1.807) is 0 Å². The van der Waals surface area contributed by atoms with Crippen LogP contribution in [0.1, 0.15) is 69.0 Å². The molecule has 1 atom stereocenters. The van der Waals surface area contributed by atoms with E-state index in [4.69, 9.17) is 5.73 Å². The second kappa shape index (κ2) is 8.71. The third-order valence-electron chi connectivity index (χ3n) is 3.36. The molecule has 2 N–H and O–H groups in total. The van der Waals surface area contributed by atoms with Crippen LogP contribution in [-0.4, -0.2) is 0 Å². The number of rotatable bonds is 8. The highest BCUT2D eigenvalue weighted by Gasteiger charge is 2.07. The molecule has 0 spiro atoms. The SMILES string of the molecule is CCCCCCCCC(N)c1cc(C)cc(Br)c1. The standard InChI is InChI=1S/C16H26BrN/c1-3-4-5-6-7-8-9-16(18)14-10-13(2)11-15(17)12-14/h10-12,16H,3-9,18H2,1-2H3. The molecular weight excluding hydrogens is 286 g/mol. The molecule has 1 aromatic rings. The van der Waals surface area contributed by atoms with E-state index in [0.717, 1.165) is 10.9 Å². The zero-order valence-corrected chi connectivity index (χ0v) is 13.3. The van der Waals surface area contributed by atoms with E-state index in [9.17, 15) is 0 Å². The quantitative estimate of drug-likeness (QED) is 0.629. The van der Waals surface area contributed by atoms with Crippen LogP contribution in [0.15, 0.2) is 22.7 Å². The second-order valence-corrected chi connectivity index (χ2v) is 6.14. The molecule has 0 aliphatic heterocycles. The number of halogens is 1. The van der Waals surface area contributed by atoms with Gasteiger partial charge < -0.3 is 5.73 Å². The fourth-order valence-corrected chi connectivity index (χ4v) is 2.92. The first-order valence-electron chi connectivity index (χ1n) is 7.16. The van der Waals surface area contributed by atoms with E-state index >= 15 is 0 Å². The smallest absolute Gasteiger partial charge is 0.0295 e. The molecule has 0 saturated heterocycles. The molecule has 1 unspecified atom stereocenters. The van der Waals surface area contributed by atoms with E-state index in [1.165, 1.54) is 49.7 Å². The number of aryl methyl sites for hydroxylation is 1. The lowest BCUT2D eigenvalue weighted by atomic mass is 9.99. The highest BCUT2D eigenvalue weighted by atomic mass is 79.9. The van der Waals surface area contributed by atoms with Gasteiger partial charge in [0.25, 0.3) is 0 Å². The maximum Gasteiger partial charge on any atom is 0.0295 e. The van der Waals surface area contributed by atoms with Crippen LogP contribution in [0.25, 0.3) is 0 Å². The highest BCUT2D eigenvalue weighted by molar-refractivity contribution is 9.10.